The van der Waals surface area contributed by atoms with Crippen molar-refractivity contribution in [2.75, 3.05) is 33.4 Å². The second-order valence-electron chi connectivity index (χ2n) is 8.49. The summed E-state index contributed by atoms with van der Waals surface area (Å²) in [4.78, 5) is 2.58. The van der Waals surface area contributed by atoms with E-state index in [1.165, 1.54) is 0 Å². The number of aliphatic hydroxyl groups excluding tert-OH is 1. The zero-order valence-electron chi connectivity index (χ0n) is 18.7. The summed E-state index contributed by atoms with van der Waals surface area (Å²) in [5, 5.41) is 10.1. The molecular formula is C25H32N2O4S. The third-order valence-electron chi connectivity index (χ3n) is 6.71. The molecule has 2 aliphatic heterocycles. The highest BCUT2D eigenvalue weighted by molar-refractivity contribution is 7.89. The fraction of sp³-hybridized carbons (Fsp3) is 0.440. The van der Waals surface area contributed by atoms with Crippen LogP contribution in [0.2, 0.25) is 0 Å². The van der Waals surface area contributed by atoms with Crippen molar-refractivity contribution >= 4 is 16.1 Å². The van der Waals surface area contributed by atoms with Crippen LogP contribution >= 0.6 is 0 Å². The first-order chi connectivity index (χ1) is 15.5. The van der Waals surface area contributed by atoms with Gasteiger partial charge >= 0.3 is 0 Å². The van der Waals surface area contributed by atoms with Gasteiger partial charge in [0.25, 0.3) is 0 Å². The van der Waals surface area contributed by atoms with Gasteiger partial charge in [-0.1, -0.05) is 36.4 Å². The predicted octanol–water partition coefficient (Wildman–Crippen LogP) is 3.34. The van der Waals surface area contributed by atoms with Crippen molar-refractivity contribution < 1.29 is 18.3 Å². The van der Waals surface area contributed by atoms with Crippen molar-refractivity contribution in [3.8, 4) is 5.75 Å². The van der Waals surface area contributed by atoms with Crippen LogP contribution in [0.4, 0.5) is 0 Å². The van der Waals surface area contributed by atoms with Gasteiger partial charge in [0.05, 0.1) is 18.6 Å². The van der Waals surface area contributed by atoms with Gasteiger partial charge in [0.15, 0.2) is 0 Å². The molecule has 0 bridgehead atoms. The Labute approximate surface area is 191 Å². The zero-order valence-corrected chi connectivity index (χ0v) is 19.5. The van der Waals surface area contributed by atoms with E-state index < -0.39 is 10.0 Å². The van der Waals surface area contributed by atoms with Gasteiger partial charge in [-0.2, -0.15) is 4.31 Å². The lowest BCUT2D eigenvalue weighted by Crippen LogP contribution is -2.67. The molecule has 2 aromatic rings. The largest absolute Gasteiger partial charge is 0.497 e. The molecule has 0 spiro atoms. The summed E-state index contributed by atoms with van der Waals surface area (Å²) in [6.07, 6.45) is 5.78. The number of benzene rings is 2. The molecule has 0 aromatic heterocycles. The Morgan fingerprint density at radius 2 is 1.75 bits per heavy atom. The topological polar surface area (TPSA) is 70.1 Å². The van der Waals surface area contributed by atoms with Gasteiger partial charge in [0, 0.05) is 31.1 Å². The van der Waals surface area contributed by atoms with Crippen LogP contribution in [0.5, 0.6) is 5.75 Å². The molecule has 1 N–H and O–H groups in total. The molecule has 0 unspecified atom stereocenters. The number of nitrogens with zero attached hydrogens (tertiary/aromatic N) is 2. The van der Waals surface area contributed by atoms with Crippen molar-refractivity contribution in [3.63, 3.8) is 0 Å². The standard InChI is InChI=1S/C25H32N2O4S/c1-3-6-19-7-9-20(10-8-19)25-23-17-26(15-4-5-16-27(23)24(25)18-28)32(29,30)22-13-11-21(31-2)12-14-22/h3,6-14,23-25,28H,4-5,15-18H2,1-2H3/b6-3+/t23-,24+,25+/m1/s1. The molecule has 2 aromatic carbocycles. The van der Waals surface area contributed by atoms with Crippen LogP contribution in [0.1, 0.15) is 36.8 Å². The van der Waals surface area contributed by atoms with Crippen molar-refractivity contribution in [2.45, 2.75) is 42.7 Å². The molecule has 2 heterocycles. The number of ether oxygens (including phenoxy) is 1. The average molecular weight is 457 g/mol. The van der Waals surface area contributed by atoms with Crippen molar-refractivity contribution in [3.05, 3.63) is 65.7 Å². The molecule has 0 amide bonds. The van der Waals surface area contributed by atoms with Gasteiger partial charge in [-0.15, -0.1) is 0 Å². The normalized spacial score (nSPS) is 25.0. The molecule has 2 aliphatic rings. The van der Waals surface area contributed by atoms with Crippen LogP contribution in [-0.2, 0) is 10.0 Å². The van der Waals surface area contributed by atoms with Crippen molar-refractivity contribution in [1.29, 1.82) is 0 Å². The summed E-state index contributed by atoms with van der Waals surface area (Å²) in [5.74, 6) is 0.736. The van der Waals surface area contributed by atoms with Crippen LogP contribution in [0, 0.1) is 0 Å². The van der Waals surface area contributed by atoms with E-state index in [0.717, 1.165) is 30.5 Å². The van der Waals surface area contributed by atoms with Crippen LogP contribution in [-0.4, -0.2) is 68.2 Å². The minimum Gasteiger partial charge on any atom is -0.497 e. The Hall–Kier alpha value is -2.19. The Kier molecular flexibility index (Phi) is 7.00. The first-order valence-electron chi connectivity index (χ1n) is 11.2. The first-order valence-corrected chi connectivity index (χ1v) is 12.7. The molecule has 7 heteroatoms. The third kappa shape index (κ3) is 4.35. The Bertz CT molecular complexity index is 1030. The van der Waals surface area contributed by atoms with Gasteiger partial charge in [-0.25, -0.2) is 8.42 Å². The average Bonchev–Trinajstić information content (AvgIpc) is 2.79. The number of rotatable bonds is 6. The number of sulfonamides is 1. The molecule has 32 heavy (non-hydrogen) atoms. The first kappa shape index (κ1) is 23.0. The fourth-order valence-electron chi connectivity index (χ4n) is 5.05. The maximum Gasteiger partial charge on any atom is 0.243 e. The molecule has 2 saturated heterocycles. The highest BCUT2D eigenvalue weighted by atomic mass is 32.2. The maximum atomic E-state index is 13.4. The molecule has 172 valence electrons. The molecule has 4 rings (SSSR count). The summed E-state index contributed by atoms with van der Waals surface area (Å²) >= 11 is 0. The van der Waals surface area contributed by atoms with E-state index in [9.17, 15) is 13.5 Å². The maximum absolute atomic E-state index is 13.4. The van der Waals surface area contributed by atoms with Crippen LogP contribution in [0.3, 0.4) is 0 Å². The molecule has 0 saturated carbocycles. The van der Waals surface area contributed by atoms with Gasteiger partial charge in [0.1, 0.15) is 5.75 Å². The number of hydrogen-bond acceptors (Lipinski definition) is 5. The highest BCUT2D eigenvalue weighted by Gasteiger charge is 2.50. The fourth-order valence-corrected chi connectivity index (χ4v) is 6.54. The lowest BCUT2D eigenvalue weighted by atomic mass is 9.74. The number of fused-ring (bicyclic) bond motifs is 1. The second kappa shape index (κ2) is 9.75. The molecule has 0 radical (unpaired) electrons. The highest BCUT2D eigenvalue weighted by Crippen LogP contribution is 2.42. The second-order valence-corrected chi connectivity index (χ2v) is 10.4. The molecule has 0 aliphatic carbocycles. The number of allylic oxidation sites excluding steroid dienone is 1. The minimum atomic E-state index is -3.61. The monoisotopic (exact) mass is 456 g/mol. The Morgan fingerprint density at radius 3 is 2.38 bits per heavy atom. The molecule has 2 fully saturated rings. The van der Waals surface area contributed by atoms with Crippen molar-refractivity contribution in [1.82, 2.24) is 9.21 Å². The van der Waals surface area contributed by atoms with E-state index in [4.69, 9.17) is 4.74 Å². The Morgan fingerprint density at radius 1 is 1.06 bits per heavy atom. The zero-order chi connectivity index (χ0) is 22.7. The van der Waals surface area contributed by atoms with Crippen LogP contribution < -0.4 is 4.74 Å². The summed E-state index contributed by atoms with van der Waals surface area (Å²) in [6.45, 7) is 3.88. The summed E-state index contributed by atoms with van der Waals surface area (Å²) in [6, 6.07) is 15.1. The van der Waals surface area contributed by atoms with E-state index in [0.29, 0.717) is 18.8 Å². The number of aliphatic hydroxyl groups is 1. The van der Waals surface area contributed by atoms with E-state index in [1.807, 2.05) is 13.0 Å². The van der Waals surface area contributed by atoms with E-state index in [1.54, 1.807) is 35.7 Å². The quantitative estimate of drug-likeness (QED) is 0.722. The van der Waals surface area contributed by atoms with Gasteiger partial charge in [0.2, 0.25) is 10.0 Å². The number of hydrogen-bond donors (Lipinski definition) is 1. The predicted molar refractivity (Wildman–Crippen MR) is 126 cm³/mol. The van der Waals surface area contributed by atoms with Gasteiger partial charge < -0.3 is 9.84 Å². The van der Waals surface area contributed by atoms with E-state index in [-0.39, 0.29) is 29.5 Å². The smallest absolute Gasteiger partial charge is 0.243 e. The number of methoxy groups -OCH3 is 1. The Balaban J connectivity index is 1.61. The SMILES string of the molecule is C/C=C/c1ccc([C@H]2[C@H]3CN(S(=O)(=O)c4ccc(OC)cc4)CCCCN3[C@H]2CO)cc1. The minimum absolute atomic E-state index is 0.0243. The van der Waals surface area contributed by atoms with Crippen LogP contribution in [0.25, 0.3) is 6.08 Å². The third-order valence-corrected chi connectivity index (χ3v) is 8.59. The van der Waals surface area contributed by atoms with Gasteiger partial charge in [-0.05, 0) is 61.7 Å². The van der Waals surface area contributed by atoms with Crippen LogP contribution in [0.15, 0.2) is 59.5 Å². The van der Waals surface area contributed by atoms with E-state index >= 15 is 0 Å². The van der Waals surface area contributed by atoms with Crippen molar-refractivity contribution in [2.24, 2.45) is 0 Å². The van der Waals surface area contributed by atoms with E-state index in [2.05, 4.69) is 35.2 Å². The summed E-state index contributed by atoms with van der Waals surface area (Å²) in [5.41, 5.74) is 2.29. The lowest BCUT2D eigenvalue weighted by Gasteiger charge is -2.57. The summed E-state index contributed by atoms with van der Waals surface area (Å²) < 4.78 is 33.7. The molecule has 3 atom stereocenters. The molecule has 6 nitrogen and oxygen atoms in total. The summed E-state index contributed by atoms with van der Waals surface area (Å²) in [7, 11) is -2.05. The van der Waals surface area contributed by atoms with Gasteiger partial charge in [-0.3, -0.25) is 4.90 Å². The lowest BCUT2D eigenvalue weighted by molar-refractivity contribution is -0.0553. The molecular weight excluding hydrogens is 424 g/mol.